The second-order valence-electron chi connectivity index (χ2n) is 6.93. The van der Waals surface area contributed by atoms with E-state index in [2.05, 4.69) is 10.6 Å². The Bertz CT molecular complexity index is 687. The summed E-state index contributed by atoms with van der Waals surface area (Å²) in [5, 5.41) is 5.88. The minimum atomic E-state index is -0.794. The number of benzene rings is 1. The number of nitrogens with one attached hydrogen (secondary N) is 2. The van der Waals surface area contributed by atoms with E-state index in [1.54, 1.807) is 64.0 Å². The number of ether oxygens (including phenoxy) is 2. The highest BCUT2D eigenvalue weighted by Crippen LogP contribution is 2.16. The molecule has 1 aromatic rings. The molecule has 28 heavy (non-hydrogen) atoms. The van der Waals surface area contributed by atoms with Crippen LogP contribution in [0.15, 0.2) is 24.3 Å². The molecule has 9 heteroatoms. The molecular weight excluding hydrogens is 382 g/mol. The number of esters is 1. The van der Waals surface area contributed by atoms with Crippen molar-refractivity contribution in [2.75, 3.05) is 25.7 Å². The quantitative estimate of drug-likeness (QED) is 0.657. The molecule has 1 heterocycles. The summed E-state index contributed by atoms with van der Waals surface area (Å²) in [7, 11) is 3.20. The van der Waals surface area contributed by atoms with E-state index in [9.17, 15) is 14.4 Å². The largest absolute Gasteiger partial charge is 0.461 e. The topological polar surface area (TPSA) is 97.0 Å². The van der Waals surface area contributed by atoms with Crippen molar-refractivity contribution in [1.82, 2.24) is 15.5 Å². The van der Waals surface area contributed by atoms with Crippen molar-refractivity contribution in [2.45, 2.75) is 38.5 Å². The minimum absolute atomic E-state index is 0.216. The number of carbonyl (C=O) groups excluding carboxylic acids is 3. The van der Waals surface area contributed by atoms with E-state index in [0.29, 0.717) is 17.4 Å². The van der Waals surface area contributed by atoms with E-state index >= 15 is 0 Å². The third kappa shape index (κ3) is 6.72. The molecule has 2 amide bonds. The first kappa shape index (κ1) is 22.0. The highest BCUT2D eigenvalue weighted by Gasteiger charge is 2.29. The standard InChI is InChI=1S/C19H27N3O5S/c1-12(2)26-18(24)15(21-17(23)16-10-28-11-20-16)9-13-5-7-14(8-6-13)27-19(25)22(3)4/h5-8,12,15-16,20H,9-11H2,1-4H3,(H,21,23)/t15-,16-/m0/s1. The Morgan fingerprint density at radius 2 is 1.93 bits per heavy atom. The number of hydrogen-bond acceptors (Lipinski definition) is 7. The maximum Gasteiger partial charge on any atom is 0.414 e. The highest BCUT2D eigenvalue weighted by atomic mass is 32.2. The second kappa shape index (κ2) is 10.3. The van der Waals surface area contributed by atoms with Gasteiger partial charge in [-0.05, 0) is 31.5 Å². The van der Waals surface area contributed by atoms with Crippen molar-refractivity contribution >= 4 is 29.7 Å². The van der Waals surface area contributed by atoms with Crippen LogP contribution in [0.5, 0.6) is 5.75 Å². The van der Waals surface area contributed by atoms with Crippen LogP contribution >= 0.6 is 11.8 Å². The van der Waals surface area contributed by atoms with Gasteiger partial charge in [0, 0.05) is 32.1 Å². The van der Waals surface area contributed by atoms with E-state index < -0.39 is 18.1 Å². The third-order valence-corrected chi connectivity index (χ3v) is 4.86. The zero-order chi connectivity index (χ0) is 20.7. The predicted octanol–water partition coefficient (Wildman–Crippen LogP) is 1.39. The fourth-order valence-corrected chi connectivity index (χ4v) is 3.41. The molecular formula is C19H27N3O5S. The lowest BCUT2D eigenvalue weighted by molar-refractivity contribution is -0.151. The van der Waals surface area contributed by atoms with Gasteiger partial charge in [0.1, 0.15) is 11.8 Å². The summed E-state index contributed by atoms with van der Waals surface area (Å²) in [4.78, 5) is 37.8. The average Bonchev–Trinajstić information content (AvgIpc) is 3.16. The Hall–Kier alpha value is -2.26. The lowest BCUT2D eigenvalue weighted by Crippen LogP contribution is -2.50. The molecule has 0 saturated carbocycles. The summed E-state index contributed by atoms with van der Waals surface area (Å²) >= 11 is 1.64. The van der Waals surface area contributed by atoms with Gasteiger partial charge in [-0.1, -0.05) is 12.1 Å². The SMILES string of the molecule is CC(C)OC(=O)[C@H](Cc1ccc(OC(=O)N(C)C)cc1)NC(=O)[C@@H]1CSCN1. The number of amides is 2. The fourth-order valence-electron chi connectivity index (χ4n) is 2.47. The number of carbonyl (C=O) groups is 3. The van der Waals surface area contributed by atoms with Gasteiger partial charge in [-0.3, -0.25) is 10.1 Å². The molecule has 8 nitrogen and oxygen atoms in total. The molecule has 2 atom stereocenters. The Balaban J connectivity index is 2.04. The summed E-state index contributed by atoms with van der Waals surface area (Å²) in [5.41, 5.74) is 0.810. The lowest BCUT2D eigenvalue weighted by Gasteiger charge is -2.21. The first-order chi connectivity index (χ1) is 13.3. The molecule has 1 saturated heterocycles. The van der Waals surface area contributed by atoms with Crippen molar-refractivity contribution < 1.29 is 23.9 Å². The molecule has 0 spiro atoms. The summed E-state index contributed by atoms with van der Waals surface area (Å²) in [5.74, 6) is 1.10. The Labute approximate surface area is 169 Å². The van der Waals surface area contributed by atoms with Crippen molar-refractivity contribution in [3.05, 3.63) is 29.8 Å². The molecule has 1 aromatic carbocycles. The Morgan fingerprint density at radius 1 is 1.25 bits per heavy atom. The van der Waals surface area contributed by atoms with E-state index in [1.807, 2.05) is 0 Å². The van der Waals surface area contributed by atoms with E-state index in [0.717, 1.165) is 5.56 Å². The lowest BCUT2D eigenvalue weighted by atomic mass is 10.1. The van der Waals surface area contributed by atoms with Crippen LogP contribution in [0.2, 0.25) is 0 Å². The molecule has 0 bridgehead atoms. The summed E-state index contributed by atoms with van der Waals surface area (Å²) in [6.07, 6.45) is -0.473. The first-order valence-electron chi connectivity index (χ1n) is 9.06. The Kier molecular flexibility index (Phi) is 8.13. The number of rotatable bonds is 7. The average molecular weight is 410 g/mol. The van der Waals surface area contributed by atoms with Gasteiger partial charge in [-0.25, -0.2) is 9.59 Å². The van der Waals surface area contributed by atoms with Gasteiger partial charge in [0.05, 0.1) is 12.1 Å². The van der Waals surface area contributed by atoms with Crippen LogP contribution in [-0.4, -0.2) is 66.8 Å². The third-order valence-electron chi connectivity index (χ3n) is 3.92. The molecule has 2 N–H and O–H groups in total. The van der Waals surface area contributed by atoms with Gasteiger partial charge in [-0.15, -0.1) is 11.8 Å². The maximum atomic E-state index is 12.5. The smallest absolute Gasteiger partial charge is 0.414 e. The zero-order valence-corrected chi connectivity index (χ0v) is 17.4. The van der Waals surface area contributed by atoms with Crippen LogP contribution in [0.1, 0.15) is 19.4 Å². The molecule has 1 aliphatic heterocycles. The second-order valence-corrected chi connectivity index (χ2v) is 7.96. The van der Waals surface area contributed by atoms with Gasteiger partial charge in [0.25, 0.3) is 0 Å². The van der Waals surface area contributed by atoms with Crippen LogP contribution in [0.4, 0.5) is 4.79 Å². The monoisotopic (exact) mass is 409 g/mol. The van der Waals surface area contributed by atoms with E-state index in [-0.39, 0.29) is 24.5 Å². The predicted molar refractivity (Wildman–Crippen MR) is 107 cm³/mol. The van der Waals surface area contributed by atoms with Crippen molar-refractivity contribution in [1.29, 1.82) is 0 Å². The minimum Gasteiger partial charge on any atom is -0.461 e. The molecule has 0 radical (unpaired) electrons. The van der Waals surface area contributed by atoms with E-state index in [4.69, 9.17) is 9.47 Å². The molecule has 1 fully saturated rings. The summed E-state index contributed by atoms with van der Waals surface area (Å²) < 4.78 is 10.5. The molecule has 0 aromatic heterocycles. The zero-order valence-electron chi connectivity index (χ0n) is 16.6. The van der Waals surface area contributed by atoms with Gasteiger partial charge >= 0.3 is 12.1 Å². The van der Waals surface area contributed by atoms with Crippen molar-refractivity contribution in [2.24, 2.45) is 0 Å². The molecule has 0 unspecified atom stereocenters. The molecule has 1 aliphatic rings. The fraction of sp³-hybridized carbons (Fsp3) is 0.526. The van der Waals surface area contributed by atoms with Gasteiger partial charge in [0.2, 0.25) is 5.91 Å². The van der Waals surface area contributed by atoms with Crippen LogP contribution in [0.3, 0.4) is 0 Å². The highest BCUT2D eigenvalue weighted by molar-refractivity contribution is 7.99. The summed E-state index contributed by atoms with van der Waals surface area (Å²) in [6, 6.07) is 5.70. The molecule has 154 valence electrons. The normalized spacial score (nSPS) is 17.1. The molecule has 0 aliphatic carbocycles. The number of nitrogens with zero attached hydrogens (tertiary/aromatic N) is 1. The van der Waals surface area contributed by atoms with Gasteiger partial charge < -0.3 is 19.7 Å². The van der Waals surface area contributed by atoms with Crippen LogP contribution in [0.25, 0.3) is 0 Å². The van der Waals surface area contributed by atoms with Crippen LogP contribution in [0, 0.1) is 0 Å². The summed E-state index contributed by atoms with van der Waals surface area (Å²) in [6.45, 7) is 3.53. The van der Waals surface area contributed by atoms with Gasteiger partial charge in [0.15, 0.2) is 0 Å². The Morgan fingerprint density at radius 3 is 2.46 bits per heavy atom. The number of hydrogen-bond donors (Lipinski definition) is 2. The van der Waals surface area contributed by atoms with Crippen molar-refractivity contribution in [3.8, 4) is 5.75 Å². The van der Waals surface area contributed by atoms with E-state index in [1.165, 1.54) is 4.90 Å². The van der Waals surface area contributed by atoms with Gasteiger partial charge in [-0.2, -0.15) is 0 Å². The van der Waals surface area contributed by atoms with Crippen LogP contribution in [-0.2, 0) is 20.7 Å². The molecule has 2 rings (SSSR count). The first-order valence-corrected chi connectivity index (χ1v) is 10.2. The van der Waals surface area contributed by atoms with Crippen molar-refractivity contribution in [3.63, 3.8) is 0 Å². The number of thioether (sulfide) groups is 1. The van der Waals surface area contributed by atoms with Crippen LogP contribution < -0.4 is 15.4 Å². The maximum absolute atomic E-state index is 12.5.